The van der Waals surface area contributed by atoms with Crippen molar-refractivity contribution < 1.29 is 19.1 Å². The maximum Gasteiger partial charge on any atom is 0.244 e. The van der Waals surface area contributed by atoms with Crippen molar-refractivity contribution in [2.75, 3.05) is 19.8 Å². The van der Waals surface area contributed by atoms with Crippen molar-refractivity contribution in [1.82, 2.24) is 15.6 Å². The number of pyridine rings is 1. The van der Waals surface area contributed by atoms with Crippen LogP contribution in [-0.2, 0) is 16.1 Å². The summed E-state index contributed by atoms with van der Waals surface area (Å²) in [6.07, 6.45) is 6.35. The summed E-state index contributed by atoms with van der Waals surface area (Å²) in [7, 11) is 0. The Hall–Kier alpha value is -3.35. The van der Waals surface area contributed by atoms with Gasteiger partial charge in [-0.3, -0.25) is 14.6 Å². The number of carbonyl (C=O) groups excluding carboxylic acids is 2. The second-order valence-corrected chi connectivity index (χ2v) is 5.59. The van der Waals surface area contributed by atoms with Gasteiger partial charge in [0.1, 0.15) is 13.2 Å². The first-order valence-corrected chi connectivity index (χ1v) is 8.22. The molecule has 26 heavy (non-hydrogen) atoms. The van der Waals surface area contributed by atoms with Gasteiger partial charge in [-0.1, -0.05) is 6.07 Å². The van der Waals surface area contributed by atoms with Gasteiger partial charge in [0.05, 0.1) is 6.54 Å². The molecule has 0 fully saturated rings. The molecule has 2 heterocycles. The third-order valence-corrected chi connectivity index (χ3v) is 3.66. The molecule has 2 aromatic rings. The number of benzene rings is 1. The van der Waals surface area contributed by atoms with E-state index in [1.54, 1.807) is 30.6 Å². The third kappa shape index (κ3) is 5.07. The fourth-order valence-corrected chi connectivity index (χ4v) is 2.33. The highest BCUT2D eigenvalue weighted by Crippen LogP contribution is 2.30. The molecule has 0 radical (unpaired) electrons. The van der Waals surface area contributed by atoms with Crippen LogP contribution >= 0.6 is 0 Å². The fourth-order valence-electron chi connectivity index (χ4n) is 2.33. The molecule has 0 bridgehead atoms. The van der Waals surface area contributed by atoms with Gasteiger partial charge in [0.15, 0.2) is 11.5 Å². The van der Waals surface area contributed by atoms with Gasteiger partial charge in [-0.2, -0.15) is 0 Å². The molecular formula is C19H19N3O4. The summed E-state index contributed by atoms with van der Waals surface area (Å²) in [6.45, 7) is 1.35. The lowest BCUT2D eigenvalue weighted by atomic mass is 10.2. The Bertz CT molecular complexity index is 806. The van der Waals surface area contributed by atoms with Gasteiger partial charge in [0.25, 0.3) is 0 Å². The standard InChI is InChI=1S/C19H19N3O4/c23-18(22-13-19(24)21-12-15-5-7-20-8-6-15)4-2-14-1-3-16-17(11-14)26-10-9-25-16/h1-8,11H,9-10,12-13H2,(H,21,24)(H,22,23)/b4-2+. The van der Waals surface area contributed by atoms with Gasteiger partial charge in [0.2, 0.25) is 11.8 Å². The van der Waals surface area contributed by atoms with Crippen molar-refractivity contribution in [3.63, 3.8) is 0 Å². The van der Waals surface area contributed by atoms with Gasteiger partial charge in [0, 0.05) is 25.0 Å². The van der Waals surface area contributed by atoms with Crippen LogP contribution in [0.1, 0.15) is 11.1 Å². The van der Waals surface area contributed by atoms with Crippen molar-refractivity contribution in [2.24, 2.45) is 0 Å². The van der Waals surface area contributed by atoms with Crippen LogP contribution < -0.4 is 20.1 Å². The number of hydrogen-bond donors (Lipinski definition) is 2. The molecule has 7 nitrogen and oxygen atoms in total. The molecule has 0 saturated heterocycles. The summed E-state index contributed by atoms with van der Waals surface area (Å²) < 4.78 is 10.9. The SMILES string of the molecule is O=C(/C=C/c1ccc2c(c1)OCCO2)NCC(=O)NCc1ccncc1. The van der Waals surface area contributed by atoms with E-state index in [-0.39, 0.29) is 18.4 Å². The summed E-state index contributed by atoms with van der Waals surface area (Å²) in [5.41, 5.74) is 1.75. The number of carbonyl (C=O) groups is 2. The van der Waals surface area contributed by atoms with Gasteiger partial charge < -0.3 is 20.1 Å². The molecule has 1 aliphatic heterocycles. The lowest BCUT2D eigenvalue weighted by Crippen LogP contribution is -2.35. The molecule has 2 N–H and O–H groups in total. The van der Waals surface area contributed by atoms with E-state index >= 15 is 0 Å². The van der Waals surface area contributed by atoms with Crippen LogP contribution in [0.15, 0.2) is 48.8 Å². The van der Waals surface area contributed by atoms with Crippen LogP contribution in [0.5, 0.6) is 11.5 Å². The average Bonchev–Trinajstić information content (AvgIpc) is 2.69. The highest BCUT2D eigenvalue weighted by molar-refractivity contribution is 5.94. The van der Waals surface area contributed by atoms with E-state index in [9.17, 15) is 9.59 Å². The van der Waals surface area contributed by atoms with E-state index in [2.05, 4.69) is 15.6 Å². The number of nitrogens with zero attached hydrogens (tertiary/aromatic N) is 1. The average molecular weight is 353 g/mol. The van der Waals surface area contributed by atoms with E-state index in [4.69, 9.17) is 9.47 Å². The highest BCUT2D eigenvalue weighted by atomic mass is 16.6. The van der Waals surface area contributed by atoms with Crippen molar-refractivity contribution in [2.45, 2.75) is 6.54 Å². The van der Waals surface area contributed by atoms with Crippen LogP contribution in [0, 0.1) is 0 Å². The summed E-state index contributed by atoms with van der Waals surface area (Å²) in [5.74, 6) is 0.750. The number of fused-ring (bicyclic) bond motifs is 1. The number of hydrogen-bond acceptors (Lipinski definition) is 5. The van der Waals surface area contributed by atoms with Crippen molar-refractivity contribution >= 4 is 17.9 Å². The van der Waals surface area contributed by atoms with E-state index in [0.29, 0.717) is 31.3 Å². The lowest BCUT2D eigenvalue weighted by Gasteiger charge is -2.18. The molecule has 7 heteroatoms. The molecule has 0 unspecified atom stereocenters. The van der Waals surface area contributed by atoms with E-state index in [0.717, 1.165) is 11.1 Å². The molecule has 0 atom stereocenters. The number of amides is 2. The molecule has 1 aromatic heterocycles. The normalized spacial score (nSPS) is 12.6. The molecule has 3 rings (SSSR count). The minimum absolute atomic E-state index is 0.0879. The first kappa shape index (κ1) is 17.5. The van der Waals surface area contributed by atoms with Crippen LogP contribution in [0.3, 0.4) is 0 Å². The Balaban J connectivity index is 1.43. The Morgan fingerprint density at radius 2 is 1.81 bits per heavy atom. The number of ether oxygens (including phenoxy) is 2. The first-order valence-electron chi connectivity index (χ1n) is 8.22. The summed E-state index contributed by atoms with van der Waals surface area (Å²) in [4.78, 5) is 27.5. The Labute approximate surface area is 151 Å². The van der Waals surface area contributed by atoms with E-state index < -0.39 is 0 Å². The number of rotatable bonds is 6. The first-order chi connectivity index (χ1) is 12.7. The maximum atomic E-state index is 11.8. The van der Waals surface area contributed by atoms with Crippen LogP contribution in [-0.4, -0.2) is 36.6 Å². The number of nitrogens with one attached hydrogen (secondary N) is 2. The van der Waals surface area contributed by atoms with Gasteiger partial charge in [-0.25, -0.2) is 0 Å². The van der Waals surface area contributed by atoms with E-state index in [1.807, 2.05) is 18.2 Å². The zero-order valence-electron chi connectivity index (χ0n) is 14.1. The Morgan fingerprint density at radius 1 is 1.04 bits per heavy atom. The Kier molecular flexibility index (Phi) is 5.82. The molecule has 0 saturated carbocycles. The quantitative estimate of drug-likeness (QED) is 0.764. The predicted molar refractivity (Wildman–Crippen MR) is 95.6 cm³/mol. The lowest BCUT2D eigenvalue weighted by molar-refractivity contribution is -0.124. The minimum Gasteiger partial charge on any atom is -0.486 e. The summed E-state index contributed by atoms with van der Waals surface area (Å²) in [6, 6.07) is 9.07. The fraction of sp³-hybridized carbons (Fsp3) is 0.211. The van der Waals surface area contributed by atoms with Gasteiger partial charge in [-0.15, -0.1) is 0 Å². The Morgan fingerprint density at radius 3 is 2.62 bits per heavy atom. The zero-order chi connectivity index (χ0) is 18.2. The van der Waals surface area contributed by atoms with Crippen LogP contribution in [0.2, 0.25) is 0 Å². The topological polar surface area (TPSA) is 89.5 Å². The monoisotopic (exact) mass is 353 g/mol. The second-order valence-electron chi connectivity index (χ2n) is 5.59. The van der Waals surface area contributed by atoms with Crippen molar-refractivity contribution in [1.29, 1.82) is 0 Å². The molecule has 0 spiro atoms. The molecule has 134 valence electrons. The van der Waals surface area contributed by atoms with Gasteiger partial charge >= 0.3 is 0 Å². The minimum atomic E-state index is -0.348. The molecule has 1 aliphatic rings. The van der Waals surface area contributed by atoms with Crippen molar-refractivity contribution in [3.05, 3.63) is 59.9 Å². The summed E-state index contributed by atoms with van der Waals surface area (Å²) in [5, 5.41) is 5.27. The van der Waals surface area contributed by atoms with Gasteiger partial charge in [-0.05, 0) is 41.5 Å². The van der Waals surface area contributed by atoms with Crippen LogP contribution in [0.25, 0.3) is 6.08 Å². The maximum absolute atomic E-state index is 11.8. The smallest absolute Gasteiger partial charge is 0.244 e. The van der Waals surface area contributed by atoms with E-state index in [1.165, 1.54) is 6.08 Å². The molecule has 2 amide bonds. The second kappa shape index (κ2) is 8.66. The largest absolute Gasteiger partial charge is 0.486 e. The molecule has 0 aliphatic carbocycles. The highest BCUT2D eigenvalue weighted by Gasteiger charge is 2.10. The third-order valence-electron chi connectivity index (χ3n) is 3.66. The summed E-state index contributed by atoms with van der Waals surface area (Å²) >= 11 is 0. The van der Waals surface area contributed by atoms with Crippen molar-refractivity contribution in [3.8, 4) is 11.5 Å². The van der Waals surface area contributed by atoms with Crippen LogP contribution in [0.4, 0.5) is 0 Å². The zero-order valence-corrected chi connectivity index (χ0v) is 14.1. The molecule has 1 aromatic carbocycles. The number of aromatic nitrogens is 1. The predicted octanol–water partition coefficient (Wildman–Crippen LogP) is 1.30. The molecular weight excluding hydrogens is 334 g/mol.